The summed E-state index contributed by atoms with van der Waals surface area (Å²) in [7, 11) is 0. The summed E-state index contributed by atoms with van der Waals surface area (Å²) in [6.45, 7) is 4.92. The van der Waals surface area contributed by atoms with E-state index in [0.29, 0.717) is 0 Å². The van der Waals surface area contributed by atoms with Gasteiger partial charge in [0.25, 0.3) is 5.91 Å². The summed E-state index contributed by atoms with van der Waals surface area (Å²) >= 11 is 3.39. The summed E-state index contributed by atoms with van der Waals surface area (Å²) in [6.07, 6.45) is 5.77. The molecule has 26 heavy (non-hydrogen) atoms. The lowest BCUT2D eigenvalue weighted by Gasteiger charge is -2.27. The molecule has 2 aromatic rings. The predicted octanol–water partition coefficient (Wildman–Crippen LogP) is 5.51. The van der Waals surface area contributed by atoms with Gasteiger partial charge in [0.05, 0.1) is 10.6 Å². The maximum atomic E-state index is 13.2. The van der Waals surface area contributed by atoms with E-state index in [1.54, 1.807) is 23.1 Å². The molecular weight excluding hydrogens is 360 g/mol. The Kier molecular flexibility index (Phi) is 5.18. The molecule has 0 radical (unpaired) electrons. The van der Waals surface area contributed by atoms with Crippen LogP contribution in [0.5, 0.6) is 0 Å². The van der Waals surface area contributed by atoms with E-state index in [4.69, 9.17) is 4.99 Å². The monoisotopic (exact) mass is 384 g/mol. The quantitative estimate of drug-likeness (QED) is 0.684. The van der Waals surface area contributed by atoms with Crippen LogP contribution in [0.1, 0.15) is 50.5 Å². The van der Waals surface area contributed by atoms with Crippen molar-refractivity contribution < 1.29 is 4.79 Å². The molecule has 1 aliphatic carbocycles. The van der Waals surface area contributed by atoms with E-state index >= 15 is 0 Å². The molecule has 1 amide bonds. The first kappa shape index (κ1) is 17.8. The molecular formula is C21H24N2OS2. The molecule has 136 valence electrons. The van der Waals surface area contributed by atoms with Gasteiger partial charge in [-0.3, -0.25) is 9.69 Å². The molecule has 1 aromatic heterocycles. The number of benzene rings is 1. The Morgan fingerprint density at radius 2 is 1.96 bits per heavy atom. The topological polar surface area (TPSA) is 32.7 Å². The van der Waals surface area contributed by atoms with Gasteiger partial charge in [0.2, 0.25) is 0 Å². The Morgan fingerprint density at radius 1 is 1.12 bits per heavy atom. The van der Waals surface area contributed by atoms with Gasteiger partial charge in [-0.1, -0.05) is 23.9 Å². The van der Waals surface area contributed by atoms with Gasteiger partial charge in [-0.2, -0.15) is 0 Å². The molecule has 0 N–H and O–H groups in total. The van der Waals surface area contributed by atoms with Crippen LogP contribution in [0, 0.1) is 13.8 Å². The summed E-state index contributed by atoms with van der Waals surface area (Å²) in [5.74, 6) is 1.15. The third-order valence-electron chi connectivity index (χ3n) is 5.02. The van der Waals surface area contributed by atoms with Crippen molar-refractivity contribution in [2.75, 3.05) is 12.3 Å². The zero-order valence-electron chi connectivity index (χ0n) is 15.4. The molecule has 1 fully saturated rings. The lowest BCUT2D eigenvalue weighted by molar-refractivity contribution is 0.0853. The second-order valence-electron chi connectivity index (χ2n) is 7.11. The van der Waals surface area contributed by atoms with Gasteiger partial charge >= 0.3 is 0 Å². The van der Waals surface area contributed by atoms with Crippen molar-refractivity contribution in [1.29, 1.82) is 0 Å². The second kappa shape index (κ2) is 7.57. The van der Waals surface area contributed by atoms with Gasteiger partial charge in [0, 0.05) is 17.2 Å². The van der Waals surface area contributed by atoms with E-state index < -0.39 is 0 Å². The number of hydrogen-bond acceptors (Lipinski definition) is 4. The average molecular weight is 385 g/mol. The van der Waals surface area contributed by atoms with Crippen LogP contribution >= 0.6 is 23.1 Å². The highest BCUT2D eigenvalue weighted by Gasteiger charge is 2.27. The van der Waals surface area contributed by atoms with Crippen LogP contribution in [0.4, 0.5) is 5.69 Å². The van der Waals surface area contributed by atoms with Gasteiger partial charge in [0.15, 0.2) is 5.17 Å². The number of carbonyl (C=O) groups excluding carboxylic acids is 1. The van der Waals surface area contributed by atoms with Gasteiger partial charge < -0.3 is 0 Å². The molecule has 0 saturated carbocycles. The summed E-state index contributed by atoms with van der Waals surface area (Å²) in [4.78, 5) is 22.3. The summed E-state index contributed by atoms with van der Waals surface area (Å²) < 4.78 is 0. The van der Waals surface area contributed by atoms with Gasteiger partial charge in [-0.25, -0.2) is 4.99 Å². The van der Waals surface area contributed by atoms with Crippen LogP contribution in [0.25, 0.3) is 0 Å². The molecule has 0 unspecified atom stereocenters. The van der Waals surface area contributed by atoms with E-state index in [1.165, 1.54) is 28.8 Å². The fraction of sp³-hybridized carbons (Fsp3) is 0.429. The molecule has 2 aliphatic rings. The number of aliphatic imine (C=N–C) groups is 1. The normalized spacial score (nSPS) is 18.8. The highest BCUT2D eigenvalue weighted by molar-refractivity contribution is 8.13. The number of thioether (sulfide) groups is 1. The Balaban J connectivity index is 1.64. The molecule has 4 rings (SSSR count). The zero-order valence-corrected chi connectivity index (χ0v) is 17.0. The maximum Gasteiger partial charge on any atom is 0.269 e. The zero-order chi connectivity index (χ0) is 18.1. The molecule has 2 heterocycles. The Bertz CT molecular complexity index is 845. The Morgan fingerprint density at radius 3 is 2.81 bits per heavy atom. The van der Waals surface area contributed by atoms with Gasteiger partial charge in [-0.05, 0) is 74.8 Å². The first-order chi connectivity index (χ1) is 12.6. The van der Waals surface area contributed by atoms with Crippen molar-refractivity contribution in [3.63, 3.8) is 0 Å². The molecule has 0 spiro atoms. The first-order valence-corrected chi connectivity index (χ1v) is 11.1. The van der Waals surface area contributed by atoms with Crippen LogP contribution in [-0.2, 0) is 12.8 Å². The number of fused-ring (bicyclic) bond motifs is 1. The van der Waals surface area contributed by atoms with Crippen LogP contribution in [0.15, 0.2) is 29.3 Å². The van der Waals surface area contributed by atoms with Gasteiger partial charge in [-0.15, -0.1) is 11.3 Å². The van der Waals surface area contributed by atoms with Crippen molar-refractivity contribution in [3.05, 3.63) is 50.7 Å². The van der Waals surface area contributed by atoms with Crippen LogP contribution in [0.3, 0.4) is 0 Å². The number of thiophene rings is 1. The first-order valence-electron chi connectivity index (χ1n) is 9.34. The fourth-order valence-electron chi connectivity index (χ4n) is 3.51. The number of hydrogen-bond donors (Lipinski definition) is 0. The number of rotatable bonds is 2. The van der Waals surface area contributed by atoms with Gasteiger partial charge in [0.1, 0.15) is 0 Å². The third kappa shape index (κ3) is 3.60. The molecule has 3 nitrogen and oxygen atoms in total. The molecule has 1 saturated heterocycles. The van der Waals surface area contributed by atoms with Crippen molar-refractivity contribution in [2.45, 2.75) is 46.0 Å². The van der Waals surface area contributed by atoms with Crippen molar-refractivity contribution in [2.24, 2.45) is 4.99 Å². The number of amidine groups is 1. The Hall–Kier alpha value is -1.59. The fourth-order valence-corrected chi connectivity index (χ4v) is 5.66. The second-order valence-corrected chi connectivity index (χ2v) is 9.31. The molecule has 5 heteroatoms. The average Bonchev–Trinajstić information content (AvgIpc) is 3.09. The lowest BCUT2D eigenvalue weighted by atomic mass is 9.99. The smallest absolute Gasteiger partial charge is 0.269 e. The number of aryl methyl sites for hydroxylation is 4. The standard InChI is InChI=1S/C21H24N2OS2/c1-14-8-9-15(2)17(12-14)22-21-23(10-5-11-25-21)20(24)19-13-16-6-3-4-7-18(16)26-19/h8-9,12-13H,3-7,10-11H2,1-2H3. The van der Waals surface area contributed by atoms with E-state index in [2.05, 4.69) is 38.1 Å². The number of nitrogens with zero attached hydrogens (tertiary/aromatic N) is 2. The number of amides is 1. The Labute approximate surface area is 163 Å². The third-order valence-corrected chi connectivity index (χ3v) is 7.31. The summed E-state index contributed by atoms with van der Waals surface area (Å²) in [5, 5.41) is 0.848. The van der Waals surface area contributed by atoms with E-state index in [1.807, 2.05) is 4.90 Å². The largest absolute Gasteiger partial charge is 0.286 e. The van der Waals surface area contributed by atoms with Crippen molar-refractivity contribution >= 4 is 39.9 Å². The van der Waals surface area contributed by atoms with E-state index in [9.17, 15) is 4.79 Å². The van der Waals surface area contributed by atoms with E-state index in [-0.39, 0.29) is 5.91 Å². The minimum atomic E-state index is 0.126. The van der Waals surface area contributed by atoms with Crippen LogP contribution < -0.4 is 0 Å². The van der Waals surface area contributed by atoms with Crippen molar-refractivity contribution in [1.82, 2.24) is 4.90 Å². The van der Waals surface area contributed by atoms with Crippen LogP contribution in [-0.4, -0.2) is 28.3 Å². The molecule has 0 atom stereocenters. The van der Waals surface area contributed by atoms with E-state index in [0.717, 1.165) is 52.9 Å². The highest BCUT2D eigenvalue weighted by Crippen LogP contribution is 2.32. The predicted molar refractivity (Wildman–Crippen MR) is 112 cm³/mol. The SMILES string of the molecule is Cc1ccc(C)c(N=C2SCCCN2C(=O)c2cc3c(s2)CCCC3)c1. The highest BCUT2D eigenvalue weighted by atomic mass is 32.2. The van der Waals surface area contributed by atoms with Crippen LogP contribution in [0.2, 0.25) is 0 Å². The lowest BCUT2D eigenvalue weighted by Crippen LogP contribution is -2.38. The maximum absolute atomic E-state index is 13.2. The minimum Gasteiger partial charge on any atom is -0.286 e. The summed E-state index contributed by atoms with van der Waals surface area (Å²) in [5.41, 5.74) is 4.70. The number of carbonyl (C=O) groups is 1. The minimum absolute atomic E-state index is 0.126. The molecule has 1 aliphatic heterocycles. The molecule has 1 aromatic carbocycles. The van der Waals surface area contributed by atoms with Crippen molar-refractivity contribution in [3.8, 4) is 0 Å². The molecule has 0 bridgehead atoms. The summed E-state index contributed by atoms with van der Waals surface area (Å²) in [6, 6.07) is 8.44.